The summed E-state index contributed by atoms with van der Waals surface area (Å²) in [6, 6.07) is 10.7. The molecule has 0 bridgehead atoms. The average Bonchev–Trinajstić information content (AvgIpc) is 3.00. The van der Waals surface area contributed by atoms with Crippen LogP contribution < -0.4 is 5.32 Å². The van der Waals surface area contributed by atoms with Crippen molar-refractivity contribution in [2.24, 2.45) is 4.99 Å². The Hall–Kier alpha value is -2.86. The molecule has 154 valence electrons. The molecule has 2 aromatic carbocycles. The number of aryl methyl sites for hydroxylation is 1. The molecule has 3 rings (SSSR count). The minimum Gasteiger partial charge on any atom is -0.494 e. The van der Waals surface area contributed by atoms with E-state index < -0.39 is 0 Å². The SMILES string of the molecule is CCN(CC)CC(C)Nc1ccc(N=Cc2c(O)[nH]c3cc(F)ccc23)cc1C. The van der Waals surface area contributed by atoms with Crippen molar-refractivity contribution < 1.29 is 9.50 Å². The van der Waals surface area contributed by atoms with Crippen LogP contribution in [0.1, 0.15) is 31.9 Å². The third-order valence-electron chi connectivity index (χ3n) is 5.16. The maximum atomic E-state index is 13.4. The van der Waals surface area contributed by atoms with Gasteiger partial charge in [-0.25, -0.2) is 4.39 Å². The van der Waals surface area contributed by atoms with E-state index in [0.717, 1.165) is 42.0 Å². The maximum Gasteiger partial charge on any atom is 0.198 e. The van der Waals surface area contributed by atoms with Crippen molar-refractivity contribution in [1.29, 1.82) is 0 Å². The lowest BCUT2D eigenvalue weighted by Crippen LogP contribution is -2.34. The van der Waals surface area contributed by atoms with Crippen LogP contribution in [0.15, 0.2) is 41.4 Å². The number of aliphatic imine (C=N–C) groups is 1. The van der Waals surface area contributed by atoms with Crippen LogP contribution in [0.2, 0.25) is 0 Å². The van der Waals surface area contributed by atoms with E-state index in [0.29, 0.717) is 17.1 Å². The predicted molar refractivity (Wildman–Crippen MR) is 119 cm³/mol. The van der Waals surface area contributed by atoms with Crippen molar-refractivity contribution in [2.75, 3.05) is 25.0 Å². The van der Waals surface area contributed by atoms with E-state index in [1.165, 1.54) is 12.1 Å². The maximum absolute atomic E-state index is 13.4. The quantitative estimate of drug-likeness (QED) is 0.458. The number of nitrogens with one attached hydrogen (secondary N) is 2. The largest absolute Gasteiger partial charge is 0.494 e. The van der Waals surface area contributed by atoms with Crippen LogP contribution in [0.25, 0.3) is 10.9 Å². The first-order valence-electron chi connectivity index (χ1n) is 10.0. The monoisotopic (exact) mass is 396 g/mol. The zero-order chi connectivity index (χ0) is 21.0. The van der Waals surface area contributed by atoms with Crippen LogP contribution in [0.3, 0.4) is 0 Å². The van der Waals surface area contributed by atoms with Crippen molar-refractivity contribution in [3.63, 3.8) is 0 Å². The Kier molecular flexibility index (Phi) is 6.54. The van der Waals surface area contributed by atoms with Gasteiger partial charge in [-0.3, -0.25) is 4.99 Å². The third kappa shape index (κ3) is 4.95. The number of aromatic nitrogens is 1. The predicted octanol–water partition coefficient (Wildman–Crippen LogP) is 5.21. The van der Waals surface area contributed by atoms with Gasteiger partial charge in [0.1, 0.15) is 5.82 Å². The summed E-state index contributed by atoms with van der Waals surface area (Å²) in [5, 5.41) is 14.4. The molecule has 1 aromatic heterocycles. The molecule has 0 spiro atoms. The fourth-order valence-corrected chi connectivity index (χ4v) is 3.52. The topological polar surface area (TPSA) is 63.6 Å². The van der Waals surface area contributed by atoms with Gasteiger partial charge in [0.05, 0.1) is 16.8 Å². The van der Waals surface area contributed by atoms with Crippen LogP contribution in [-0.2, 0) is 0 Å². The summed E-state index contributed by atoms with van der Waals surface area (Å²) in [5.41, 5.74) is 4.08. The fourth-order valence-electron chi connectivity index (χ4n) is 3.52. The van der Waals surface area contributed by atoms with Crippen LogP contribution in [0.5, 0.6) is 5.88 Å². The molecule has 3 N–H and O–H groups in total. The summed E-state index contributed by atoms with van der Waals surface area (Å²) in [5.74, 6) is -0.370. The molecule has 0 saturated carbocycles. The summed E-state index contributed by atoms with van der Waals surface area (Å²) in [4.78, 5) is 9.68. The number of aromatic amines is 1. The van der Waals surface area contributed by atoms with Crippen molar-refractivity contribution in [2.45, 2.75) is 33.7 Å². The molecule has 1 heterocycles. The van der Waals surface area contributed by atoms with E-state index in [4.69, 9.17) is 0 Å². The molecule has 0 aliphatic carbocycles. The highest BCUT2D eigenvalue weighted by atomic mass is 19.1. The number of benzene rings is 2. The molecule has 0 fully saturated rings. The number of H-pyrrole nitrogens is 1. The second-order valence-electron chi connectivity index (χ2n) is 7.37. The van der Waals surface area contributed by atoms with E-state index in [2.05, 4.69) is 47.9 Å². The minimum absolute atomic E-state index is 0.0189. The molecule has 0 radical (unpaired) electrons. The van der Waals surface area contributed by atoms with E-state index in [1.54, 1.807) is 12.3 Å². The normalized spacial score (nSPS) is 12.9. The molecule has 5 nitrogen and oxygen atoms in total. The number of anilines is 1. The third-order valence-corrected chi connectivity index (χ3v) is 5.16. The Morgan fingerprint density at radius 2 is 1.97 bits per heavy atom. The second kappa shape index (κ2) is 9.09. The number of halogens is 1. The Labute approximate surface area is 171 Å². The molecule has 6 heteroatoms. The van der Waals surface area contributed by atoms with Crippen molar-refractivity contribution in [3.05, 3.63) is 53.3 Å². The molecule has 1 unspecified atom stereocenters. The fraction of sp³-hybridized carbons (Fsp3) is 0.348. The molecule has 0 aliphatic heterocycles. The van der Waals surface area contributed by atoms with Gasteiger partial charge in [-0.05, 0) is 68.9 Å². The van der Waals surface area contributed by atoms with Gasteiger partial charge < -0.3 is 20.3 Å². The number of likely N-dealkylation sites (N-methyl/N-ethyl adjacent to an activating group) is 1. The van der Waals surface area contributed by atoms with Crippen molar-refractivity contribution >= 4 is 28.5 Å². The molecule has 0 amide bonds. The lowest BCUT2D eigenvalue weighted by atomic mass is 10.1. The molecule has 0 saturated heterocycles. The van der Waals surface area contributed by atoms with Gasteiger partial charge in [0.15, 0.2) is 5.88 Å². The second-order valence-corrected chi connectivity index (χ2v) is 7.37. The number of nitrogens with zero attached hydrogens (tertiary/aromatic N) is 2. The van der Waals surface area contributed by atoms with Crippen LogP contribution in [-0.4, -0.2) is 46.9 Å². The first kappa shape index (κ1) is 20.9. The highest BCUT2D eigenvalue weighted by Gasteiger charge is 2.11. The molecule has 0 aliphatic rings. The van der Waals surface area contributed by atoms with E-state index in [9.17, 15) is 9.50 Å². The molecule has 3 aromatic rings. The number of rotatable bonds is 8. The summed E-state index contributed by atoms with van der Waals surface area (Å²) in [7, 11) is 0. The summed E-state index contributed by atoms with van der Waals surface area (Å²) >= 11 is 0. The summed E-state index contributed by atoms with van der Waals surface area (Å²) in [6.07, 6.45) is 1.61. The number of aromatic hydroxyl groups is 1. The highest BCUT2D eigenvalue weighted by molar-refractivity contribution is 6.02. The number of hydrogen-bond donors (Lipinski definition) is 3. The van der Waals surface area contributed by atoms with Gasteiger partial charge in [0, 0.05) is 29.9 Å². The van der Waals surface area contributed by atoms with Crippen molar-refractivity contribution in [3.8, 4) is 5.88 Å². The lowest BCUT2D eigenvalue weighted by Gasteiger charge is -2.24. The molecule has 1 atom stereocenters. The minimum atomic E-state index is -0.351. The van der Waals surface area contributed by atoms with Crippen LogP contribution in [0, 0.1) is 12.7 Å². The van der Waals surface area contributed by atoms with E-state index in [1.807, 2.05) is 18.2 Å². The van der Waals surface area contributed by atoms with E-state index in [-0.39, 0.29) is 11.7 Å². The van der Waals surface area contributed by atoms with Crippen LogP contribution >= 0.6 is 0 Å². The molecular weight excluding hydrogens is 367 g/mol. The average molecular weight is 397 g/mol. The highest BCUT2D eigenvalue weighted by Crippen LogP contribution is 2.28. The Morgan fingerprint density at radius 3 is 2.66 bits per heavy atom. The standard InChI is InChI=1S/C23H29FN4O/c1-5-28(6-2)14-16(4)26-21-10-8-18(11-15(21)3)25-13-20-19-9-7-17(24)12-22(19)27-23(20)29/h7-13,16,26-27,29H,5-6,14H2,1-4H3. The smallest absolute Gasteiger partial charge is 0.198 e. The van der Waals surface area contributed by atoms with Gasteiger partial charge in [0.2, 0.25) is 0 Å². The number of fused-ring (bicyclic) bond motifs is 1. The Morgan fingerprint density at radius 1 is 1.21 bits per heavy atom. The summed E-state index contributed by atoms with van der Waals surface area (Å²) in [6.45, 7) is 11.7. The first-order chi connectivity index (χ1) is 13.9. The van der Waals surface area contributed by atoms with Crippen molar-refractivity contribution in [1.82, 2.24) is 9.88 Å². The summed E-state index contributed by atoms with van der Waals surface area (Å²) < 4.78 is 13.4. The van der Waals surface area contributed by atoms with Crippen LogP contribution in [0.4, 0.5) is 15.8 Å². The van der Waals surface area contributed by atoms with Gasteiger partial charge >= 0.3 is 0 Å². The zero-order valence-electron chi connectivity index (χ0n) is 17.5. The lowest BCUT2D eigenvalue weighted by molar-refractivity contribution is 0.295. The van der Waals surface area contributed by atoms with Gasteiger partial charge in [0.25, 0.3) is 0 Å². The van der Waals surface area contributed by atoms with Gasteiger partial charge in [-0.1, -0.05) is 13.8 Å². The van der Waals surface area contributed by atoms with E-state index >= 15 is 0 Å². The Bertz CT molecular complexity index is 1010. The van der Waals surface area contributed by atoms with Gasteiger partial charge in [-0.2, -0.15) is 0 Å². The number of hydrogen-bond acceptors (Lipinski definition) is 4. The molecular formula is C23H29FN4O. The molecule has 29 heavy (non-hydrogen) atoms. The van der Waals surface area contributed by atoms with Gasteiger partial charge in [-0.15, -0.1) is 0 Å². The Balaban J connectivity index is 1.75. The zero-order valence-corrected chi connectivity index (χ0v) is 17.5. The first-order valence-corrected chi connectivity index (χ1v) is 10.0.